The van der Waals surface area contributed by atoms with Crippen molar-refractivity contribution in [1.82, 2.24) is 0 Å². The first-order valence-corrected chi connectivity index (χ1v) is 6.77. The molecule has 3 heteroatoms. The molecule has 1 unspecified atom stereocenters. The van der Waals surface area contributed by atoms with E-state index in [9.17, 15) is 5.11 Å². The van der Waals surface area contributed by atoms with Crippen LogP contribution in [0.2, 0.25) is 0 Å². The molecule has 1 saturated carbocycles. The zero-order valence-corrected chi connectivity index (χ0v) is 10.8. The first kappa shape index (κ1) is 11.8. The molecule has 0 aromatic heterocycles. The first-order valence-electron chi connectivity index (χ1n) is 6.77. The van der Waals surface area contributed by atoms with E-state index >= 15 is 0 Å². The molecule has 0 amide bonds. The number of benzene rings is 1. The summed E-state index contributed by atoms with van der Waals surface area (Å²) in [5, 5.41) is 9.58. The van der Waals surface area contributed by atoms with E-state index in [1.807, 2.05) is 13.0 Å². The average molecular weight is 248 g/mol. The van der Waals surface area contributed by atoms with Gasteiger partial charge in [0.1, 0.15) is 17.6 Å². The topological polar surface area (TPSA) is 38.7 Å². The molecule has 98 valence electrons. The van der Waals surface area contributed by atoms with Crippen LogP contribution in [-0.2, 0) is 4.74 Å². The lowest BCUT2D eigenvalue weighted by Gasteiger charge is -2.46. The van der Waals surface area contributed by atoms with Crippen molar-refractivity contribution in [2.45, 2.75) is 50.7 Å². The fourth-order valence-corrected chi connectivity index (χ4v) is 2.99. The molecule has 1 atom stereocenters. The summed E-state index contributed by atoms with van der Waals surface area (Å²) in [5.74, 6) is 1.05. The highest BCUT2D eigenvalue weighted by Gasteiger charge is 2.43. The van der Waals surface area contributed by atoms with Crippen LogP contribution < -0.4 is 4.74 Å². The zero-order chi connectivity index (χ0) is 12.6. The zero-order valence-electron chi connectivity index (χ0n) is 10.8. The Hall–Kier alpha value is -1.22. The second-order valence-corrected chi connectivity index (χ2v) is 5.62. The second kappa shape index (κ2) is 4.47. The van der Waals surface area contributed by atoms with Gasteiger partial charge in [0, 0.05) is 18.9 Å². The van der Waals surface area contributed by atoms with Crippen LogP contribution in [0, 0.1) is 6.92 Å². The Balaban J connectivity index is 1.68. The molecular weight excluding hydrogens is 228 g/mol. The lowest BCUT2D eigenvalue weighted by atomic mass is 9.74. The number of rotatable bonds is 2. The number of ether oxygens (including phenoxy) is 2. The van der Waals surface area contributed by atoms with Crippen molar-refractivity contribution in [3.05, 3.63) is 23.8 Å². The van der Waals surface area contributed by atoms with Crippen LogP contribution in [0.3, 0.4) is 0 Å². The van der Waals surface area contributed by atoms with Crippen LogP contribution in [-0.4, -0.2) is 23.4 Å². The van der Waals surface area contributed by atoms with Gasteiger partial charge >= 0.3 is 0 Å². The second-order valence-electron chi connectivity index (χ2n) is 5.62. The number of phenolic OH excluding ortho intramolecular Hbond substituents is 1. The normalized spacial score (nSPS) is 25.7. The number of hydrogen-bond acceptors (Lipinski definition) is 3. The first-order chi connectivity index (χ1) is 8.65. The van der Waals surface area contributed by atoms with Gasteiger partial charge in [0.15, 0.2) is 0 Å². The van der Waals surface area contributed by atoms with E-state index in [0.29, 0.717) is 0 Å². The number of hydrogen-bond donors (Lipinski definition) is 1. The lowest BCUT2D eigenvalue weighted by molar-refractivity contribution is -0.153. The Morgan fingerprint density at radius 2 is 2.17 bits per heavy atom. The molecule has 1 N–H and O–H groups in total. The van der Waals surface area contributed by atoms with Crippen molar-refractivity contribution in [3.8, 4) is 11.5 Å². The summed E-state index contributed by atoms with van der Waals surface area (Å²) in [4.78, 5) is 0. The molecule has 1 aliphatic carbocycles. The van der Waals surface area contributed by atoms with Crippen molar-refractivity contribution < 1.29 is 14.6 Å². The predicted molar refractivity (Wildman–Crippen MR) is 69.0 cm³/mol. The van der Waals surface area contributed by atoms with E-state index in [4.69, 9.17) is 9.47 Å². The SMILES string of the molecule is Cc1cc(O)cc(OC2CCOC3(CCC3)C2)c1. The van der Waals surface area contributed by atoms with Gasteiger partial charge in [-0.25, -0.2) is 0 Å². The molecule has 3 rings (SSSR count). The maximum absolute atomic E-state index is 9.58. The van der Waals surface area contributed by atoms with Gasteiger partial charge in [-0.1, -0.05) is 0 Å². The molecule has 0 bridgehead atoms. The standard InChI is InChI=1S/C15H20O3/c1-11-7-12(16)9-14(8-11)18-13-3-6-17-15(10-13)4-2-5-15/h7-9,13,16H,2-6,10H2,1H3. The molecule has 1 aliphatic heterocycles. The summed E-state index contributed by atoms with van der Waals surface area (Å²) in [6.45, 7) is 2.76. The van der Waals surface area contributed by atoms with Crippen LogP contribution in [0.4, 0.5) is 0 Å². The molecular formula is C15H20O3. The van der Waals surface area contributed by atoms with E-state index in [0.717, 1.165) is 30.8 Å². The summed E-state index contributed by atoms with van der Waals surface area (Å²) in [5.41, 5.74) is 1.13. The number of phenols is 1. The van der Waals surface area contributed by atoms with Crippen molar-refractivity contribution in [3.63, 3.8) is 0 Å². The molecule has 1 spiro atoms. The number of aromatic hydroxyl groups is 1. The van der Waals surface area contributed by atoms with Gasteiger partial charge in [-0.15, -0.1) is 0 Å². The van der Waals surface area contributed by atoms with E-state index in [-0.39, 0.29) is 17.5 Å². The van der Waals surface area contributed by atoms with Crippen LogP contribution in [0.1, 0.15) is 37.7 Å². The summed E-state index contributed by atoms with van der Waals surface area (Å²) in [6, 6.07) is 5.41. The van der Waals surface area contributed by atoms with Crippen LogP contribution in [0.5, 0.6) is 11.5 Å². The fraction of sp³-hybridized carbons (Fsp3) is 0.600. The summed E-state index contributed by atoms with van der Waals surface area (Å²) < 4.78 is 11.9. The Morgan fingerprint density at radius 3 is 2.83 bits per heavy atom. The molecule has 18 heavy (non-hydrogen) atoms. The van der Waals surface area contributed by atoms with Gasteiger partial charge in [0.25, 0.3) is 0 Å². The maximum atomic E-state index is 9.58. The van der Waals surface area contributed by atoms with E-state index < -0.39 is 0 Å². The molecule has 1 aromatic rings. The van der Waals surface area contributed by atoms with Gasteiger partial charge in [-0.3, -0.25) is 0 Å². The monoisotopic (exact) mass is 248 g/mol. The van der Waals surface area contributed by atoms with Crippen LogP contribution in [0.15, 0.2) is 18.2 Å². The van der Waals surface area contributed by atoms with Crippen molar-refractivity contribution in [1.29, 1.82) is 0 Å². The highest BCUT2D eigenvalue weighted by atomic mass is 16.5. The third kappa shape index (κ3) is 2.32. The number of aryl methyl sites for hydroxylation is 1. The van der Waals surface area contributed by atoms with Gasteiger partial charge < -0.3 is 14.6 Å². The Morgan fingerprint density at radius 1 is 1.33 bits per heavy atom. The molecule has 2 fully saturated rings. The summed E-state index contributed by atoms with van der Waals surface area (Å²) in [7, 11) is 0. The minimum atomic E-state index is 0.106. The highest BCUT2D eigenvalue weighted by molar-refractivity contribution is 5.37. The maximum Gasteiger partial charge on any atom is 0.123 e. The van der Waals surface area contributed by atoms with Crippen molar-refractivity contribution >= 4 is 0 Å². The fourth-order valence-electron chi connectivity index (χ4n) is 2.99. The third-order valence-corrected chi connectivity index (χ3v) is 4.05. The van der Waals surface area contributed by atoms with Gasteiger partial charge in [-0.05, 0) is 43.9 Å². The van der Waals surface area contributed by atoms with E-state index in [1.165, 1.54) is 19.3 Å². The van der Waals surface area contributed by atoms with E-state index in [2.05, 4.69) is 0 Å². The molecule has 3 nitrogen and oxygen atoms in total. The Labute approximate surface area is 108 Å². The highest BCUT2D eigenvalue weighted by Crippen LogP contribution is 2.43. The van der Waals surface area contributed by atoms with Crippen LogP contribution >= 0.6 is 0 Å². The Kier molecular flexibility index (Phi) is 2.94. The Bertz CT molecular complexity index is 417. The molecule has 2 aliphatic rings. The lowest BCUT2D eigenvalue weighted by Crippen LogP contribution is -2.48. The molecule has 1 saturated heterocycles. The molecule has 1 aromatic carbocycles. The third-order valence-electron chi connectivity index (χ3n) is 4.05. The van der Waals surface area contributed by atoms with Gasteiger partial charge in [-0.2, -0.15) is 0 Å². The molecule has 0 radical (unpaired) electrons. The minimum absolute atomic E-state index is 0.106. The van der Waals surface area contributed by atoms with Gasteiger partial charge in [0.05, 0.1) is 12.2 Å². The summed E-state index contributed by atoms with van der Waals surface area (Å²) >= 11 is 0. The van der Waals surface area contributed by atoms with Crippen LogP contribution in [0.25, 0.3) is 0 Å². The van der Waals surface area contributed by atoms with E-state index in [1.54, 1.807) is 12.1 Å². The molecule has 1 heterocycles. The van der Waals surface area contributed by atoms with Crippen molar-refractivity contribution in [2.24, 2.45) is 0 Å². The van der Waals surface area contributed by atoms with Crippen molar-refractivity contribution in [2.75, 3.05) is 6.61 Å². The minimum Gasteiger partial charge on any atom is -0.508 e. The quantitative estimate of drug-likeness (QED) is 0.873. The largest absolute Gasteiger partial charge is 0.508 e. The smallest absolute Gasteiger partial charge is 0.123 e. The summed E-state index contributed by atoms with van der Waals surface area (Å²) in [6.07, 6.45) is 5.77. The average Bonchev–Trinajstić information content (AvgIpc) is 2.26. The predicted octanol–water partition coefficient (Wildman–Crippen LogP) is 3.18. The van der Waals surface area contributed by atoms with Gasteiger partial charge in [0.2, 0.25) is 0 Å².